The van der Waals surface area contributed by atoms with Gasteiger partial charge in [0.2, 0.25) is 0 Å². The van der Waals surface area contributed by atoms with Crippen LogP contribution in [0.15, 0.2) is 36.7 Å². The van der Waals surface area contributed by atoms with Crippen LogP contribution >= 0.6 is 0 Å². The molecule has 3 rings (SSSR count). The van der Waals surface area contributed by atoms with Gasteiger partial charge in [-0.25, -0.2) is 4.98 Å². The Balaban J connectivity index is 1.44. The fourth-order valence-electron chi connectivity index (χ4n) is 3.26. The Labute approximate surface area is 161 Å². The third-order valence-corrected chi connectivity index (χ3v) is 5.03. The Morgan fingerprint density at radius 2 is 1.74 bits per heavy atom. The molecule has 2 aromatic carbocycles. The van der Waals surface area contributed by atoms with Gasteiger partial charge in [0, 0.05) is 6.54 Å². The van der Waals surface area contributed by atoms with Crippen molar-refractivity contribution >= 4 is 11.0 Å². The highest BCUT2D eigenvalue weighted by Gasteiger charge is 2.06. The Bertz CT molecular complexity index is 902. The molecule has 3 aromatic rings. The summed E-state index contributed by atoms with van der Waals surface area (Å²) in [5.74, 6) is 1.56. The summed E-state index contributed by atoms with van der Waals surface area (Å²) >= 11 is 0. The zero-order chi connectivity index (χ0) is 19.2. The highest BCUT2D eigenvalue weighted by molar-refractivity contribution is 5.77. The number of rotatable bonds is 9. The number of hydrogen-bond acceptors (Lipinski definition) is 4. The van der Waals surface area contributed by atoms with Crippen molar-refractivity contribution in [3.8, 4) is 11.5 Å². The summed E-state index contributed by atoms with van der Waals surface area (Å²) in [7, 11) is 3.33. The van der Waals surface area contributed by atoms with E-state index in [1.807, 2.05) is 18.5 Å². The lowest BCUT2D eigenvalue weighted by Crippen LogP contribution is -2.19. The molecule has 0 amide bonds. The van der Waals surface area contributed by atoms with Crippen LogP contribution in [-0.4, -0.2) is 36.9 Å². The van der Waals surface area contributed by atoms with Gasteiger partial charge in [-0.2, -0.15) is 0 Å². The molecule has 27 heavy (non-hydrogen) atoms. The molecule has 0 radical (unpaired) electrons. The van der Waals surface area contributed by atoms with Gasteiger partial charge in [-0.15, -0.1) is 0 Å². The summed E-state index contributed by atoms with van der Waals surface area (Å²) in [5, 5.41) is 3.53. The SMILES string of the molecule is COc1ccc(CCNCCCn2cnc3cc(C)c(C)cc32)cc1OC. The zero-order valence-electron chi connectivity index (χ0n) is 16.7. The van der Waals surface area contributed by atoms with Gasteiger partial charge < -0.3 is 19.4 Å². The molecule has 1 N–H and O–H groups in total. The van der Waals surface area contributed by atoms with Crippen molar-refractivity contribution in [2.24, 2.45) is 0 Å². The van der Waals surface area contributed by atoms with Gasteiger partial charge in [-0.1, -0.05) is 6.07 Å². The van der Waals surface area contributed by atoms with Crippen molar-refractivity contribution in [2.75, 3.05) is 27.3 Å². The maximum absolute atomic E-state index is 5.36. The van der Waals surface area contributed by atoms with Crippen LogP contribution in [0.2, 0.25) is 0 Å². The molecule has 0 atom stereocenters. The predicted octanol–water partition coefficient (Wildman–Crippen LogP) is 3.89. The zero-order valence-corrected chi connectivity index (χ0v) is 16.7. The minimum atomic E-state index is 0.771. The van der Waals surface area contributed by atoms with E-state index in [2.05, 4.69) is 46.9 Å². The van der Waals surface area contributed by atoms with Crippen LogP contribution in [0.1, 0.15) is 23.1 Å². The minimum Gasteiger partial charge on any atom is -0.493 e. The summed E-state index contributed by atoms with van der Waals surface area (Å²) in [6.07, 6.45) is 3.99. The van der Waals surface area contributed by atoms with Crippen LogP contribution in [0, 0.1) is 13.8 Å². The minimum absolute atomic E-state index is 0.771. The highest BCUT2D eigenvalue weighted by atomic mass is 16.5. The number of aryl methyl sites for hydroxylation is 3. The monoisotopic (exact) mass is 367 g/mol. The number of aromatic nitrogens is 2. The smallest absolute Gasteiger partial charge is 0.160 e. The second-order valence-electron chi connectivity index (χ2n) is 6.91. The van der Waals surface area contributed by atoms with Gasteiger partial charge in [-0.05, 0) is 80.7 Å². The number of imidazole rings is 1. The van der Waals surface area contributed by atoms with E-state index in [0.29, 0.717) is 0 Å². The first-order valence-corrected chi connectivity index (χ1v) is 9.46. The first-order valence-electron chi connectivity index (χ1n) is 9.46. The van der Waals surface area contributed by atoms with E-state index in [9.17, 15) is 0 Å². The van der Waals surface area contributed by atoms with Crippen LogP contribution in [0.25, 0.3) is 11.0 Å². The highest BCUT2D eigenvalue weighted by Crippen LogP contribution is 2.27. The molecule has 5 heteroatoms. The first-order chi connectivity index (χ1) is 13.1. The Hall–Kier alpha value is -2.53. The van der Waals surface area contributed by atoms with Crippen molar-refractivity contribution < 1.29 is 9.47 Å². The molecule has 0 saturated carbocycles. The molecule has 0 bridgehead atoms. The lowest BCUT2D eigenvalue weighted by atomic mass is 10.1. The van der Waals surface area contributed by atoms with Gasteiger partial charge in [0.15, 0.2) is 11.5 Å². The molecule has 0 unspecified atom stereocenters. The van der Waals surface area contributed by atoms with Crippen LogP contribution < -0.4 is 14.8 Å². The standard InChI is InChI=1S/C22H29N3O2/c1-16-12-19-20(13-17(16)2)25(15-24-19)11-5-9-23-10-8-18-6-7-21(26-3)22(14-18)27-4/h6-7,12-15,23H,5,8-11H2,1-4H3. The number of hydrogen-bond donors (Lipinski definition) is 1. The summed E-state index contributed by atoms with van der Waals surface area (Å²) in [5.41, 5.74) is 6.16. The number of nitrogens with one attached hydrogen (secondary N) is 1. The van der Waals surface area contributed by atoms with Gasteiger partial charge in [0.25, 0.3) is 0 Å². The Morgan fingerprint density at radius 3 is 2.52 bits per heavy atom. The fourth-order valence-corrected chi connectivity index (χ4v) is 3.26. The van der Waals surface area contributed by atoms with E-state index < -0.39 is 0 Å². The van der Waals surface area contributed by atoms with E-state index in [-0.39, 0.29) is 0 Å². The summed E-state index contributed by atoms with van der Waals surface area (Å²) < 4.78 is 12.9. The molecule has 0 fully saturated rings. The first kappa shape index (κ1) is 19.2. The Morgan fingerprint density at radius 1 is 0.963 bits per heavy atom. The van der Waals surface area contributed by atoms with Crippen LogP contribution in [0.5, 0.6) is 11.5 Å². The number of nitrogens with zero attached hydrogens (tertiary/aromatic N) is 2. The average Bonchev–Trinajstić information content (AvgIpc) is 3.06. The number of methoxy groups -OCH3 is 2. The molecular formula is C22H29N3O2. The molecule has 0 aliphatic carbocycles. The largest absolute Gasteiger partial charge is 0.493 e. The van der Waals surface area contributed by atoms with Crippen molar-refractivity contribution in [2.45, 2.75) is 33.2 Å². The maximum atomic E-state index is 5.36. The number of benzene rings is 2. The molecule has 5 nitrogen and oxygen atoms in total. The fraction of sp³-hybridized carbons (Fsp3) is 0.409. The van der Waals surface area contributed by atoms with Crippen LogP contribution in [-0.2, 0) is 13.0 Å². The van der Waals surface area contributed by atoms with Crippen molar-refractivity contribution in [1.29, 1.82) is 0 Å². The second kappa shape index (κ2) is 8.91. The molecule has 0 aliphatic heterocycles. The number of fused-ring (bicyclic) bond motifs is 1. The molecule has 1 aromatic heterocycles. The van der Waals surface area contributed by atoms with Gasteiger partial charge >= 0.3 is 0 Å². The quantitative estimate of drug-likeness (QED) is 0.583. The summed E-state index contributed by atoms with van der Waals surface area (Å²) in [4.78, 5) is 4.53. The molecule has 0 saturated heterocycles. The lowest BCUT2D eigenvalue weighted by molar-refractivity contribution is 0.354. The predicted molar refractivity (Wildman–Crippen MR) is 110 cm³/mol. The molecular weight excluding hydrogens is 338 g/mol. The third kappa shape index (κ3) is 4.61. The Kier molecular flexibility index (Phi) is 6.35. The summed E-state index contributed by atoms with van der Waals surface area (Å²) in [6, 6.07) is 10.5. The average molecular weight is 367 g/mol. The topological polar surface area (TPSA) is 48.3 Å². The van der Waals surface area contributed by atoms with Gasteiger partial charge in [-0.3, -0.25) is 0 Å². The molecule has 0 spiro atoms. The van der Waals surface area contributed by atoms with Crippen molar-refractivity contribution in [3.05, 3.63) is 53.3 Å². The van der Waals surface area contributed by atoms with Gasteiger partial charge in [0.05, 0.1) is 31.6 Å². The van der Waals surface area contributed by atoms with Crippen LogP contribution in [0.4, 0.5) is 0 Å². The molecule has 1 heterocycles. The molecule has 144 valence electrons. The van der Waals surface area contributed by atoms with Gasteiger partial charge in [0.1, 0.15) is 0 Å². The van der Waals surface area contributed by atoms with Crippen LogP contribution in [0.3, 0.4) is 0 Å². The van der Waals surface area contributed by atoms with E-state index in [0.717, 1.165) is 49.5 Å². The van der Waals surface area contributed by atoms with E-state index in [1.54, 1.807) is 14.2 Å². The third-order valence-electron chi connectivity index (χ3n) is 5.03. The van der Waals surface area contributed by atoms with E-state index in [4.69, 9.17) is 9.47 Å². The normalized spacial score (nSPS) is 11.1. The van der Waals surface area contributed by atoms with E-state index in [1.165, 1.54) is 22.2 Å². The van der Waals surface area contributed by atoms with Crippen molar-refractivity contribution in [3.63, 3.8) is 0 Å². The number of ether oxygens (including phenoxy) is 2. The maximum Gasteiger partial charge on any atom is 0.160 e. The second-order valence-corrected chi connectivity index (χ2v) is 6.91. The lowest BCUT2D eigenvalue weighted by Gasteiger charge is -2.10. The van der Waals surface area contributed by atoms with Crippen molar-refractivity contribution in [1.82, 2.24) is 14.9 Å². The summed E-state index contributed by atoms with van der Waals surface area (Å²) in [6.45, 7) is 7.19. The van der Waals surface area contributed by atoms with E-state index >= 15 is 0 Å². The molecule has 0 aliphatic rings.